The highest BCUT2D eigenvalue weighted by molar-refractivity contribution is 6.13. The van der Waals surface area contributed by atoms with Gasteiger partial charge in [-0.05, 0) is 6.07 Å². The van der Waals surface area contributed by atoms with E-state index < -0.39 is 11.6 Å². The van der Waals surface area contributed by atoms with Crippen LogP contribution in [0.4, 0.5) is 0 Å². The minimum Gasteiger partial charge on any atom is -0.478 e. The van der Waals surface area contributed by atoms with Crippen molar-refractivity contribution in [3.05, 3.63) is 112 Å². The molecule has 1 aliphatic carbocycles. The second kappa shape index (κ2) is 9.60. The number of aliphatic hydroxyl groups excluding tert-OH is 1. The summed E-state index contributed by atoms with van der Waals surface area (Å²) in [6.45, 7) is -0.345. The molecule has 0 bridgehead atoms. The Balaban J connectivity index is 1.99. The molecule has 0 heterocycles. The number of methoxy groups -OCH3 is 1. The Morgan fingerprint density at radius 3 is 2.06 bits per heavy atom. The molecule has 0 radical (unpaired) electrons. The van der Waals surface area contributed by atoms with Crippen molar-refractivity contribution in [2.24, 2.45) is 0 Å². The first-order valence-corrected chi connectivity index (χ1v) is 10.5. The van der Waals surface area contributed by atoms with Crippen LogP contribution in [-0.2, 0) is 10.3 Å². The van der Waals surface area contributed by atoms with E-state index in [-0.39, 0.29) is 18.0 Å². The number of hydrogen-bond acceptors (Lipinski definition) is 4. The van der Waals surface area contributed by atoms with Gasteiger partial charge in [-0.25, -0.2) is 4.79 Å². The number of ketones is 1. The lowest BCUT2D eigenvalue weighted by molar-refractivity contribution is 0.0679. The average Bonchev–Trinajstić information content (AvgIpc) is 2.88. The summed E-state index contributed by atoms with van der Waals surface area (Å²) in [6, 6.07) is 20.8. The normalized spacial score (nSPS) is 13.5. The Labute approximate surface area is 197 Å². The molecule has 34 heavy (non-hydrogen) atoms. The van der Waals surface area contributed by atoms with Crippen LogP contribution in [0.15, 0.2) is 78.9 Å². The van der Waals surface area contributed by atoms with Gasteiger partial charge in [0.15, 0.2) is 11.4 Å². The zero-order valence-corrected chi connectivity index (χ0v) is 18.3. The Bertz CT molecular complexity index is 1390. The molecule has 3 aromatic carbocycles. The van der Waals surface area contributed by atoms with Crippen molar-refractivity contribution in [2.45, 2.75) is 5.60 Å². The van der Waals surface area contributed by atoms with E-state index in [4.69, 9.17) is 9.84 Å². The topological polar surface area (TPSA) is 83.8 Å². The van der Waals surface area contributed by atoms with Gasteiger partial charge in [-0.15, -0.1) is 0 Å². The molecular weight excluding hydrogens is 428 g/mol. The summed E-state index contributed by atoms with van der Waals surface area (Å²) < 4.78 is 6.02. The van der Waals surface area contributed by atoms with E-state index >= 15 is 0 Å². The molecular formula is C29H20O5. The van der Waals surface area contributed by atoms with Crippen molar-refractivity contribution in [3.8, 4) is 23.7 Å². The van der Waals surface area contributed by atoms with Gasteiger partial charge in [-0.3, -0.25) is 4.79 Å². The number of rotatable bonds is 3. The zero-order chi connectivity index (χ0) is 24.1. The maximum atomic E-state index is 13.1. The van der Waals surface area contributed by atoms with Gasteiger partial charge in [0.1, 0.15) is 6.61 Å². The molecule has 0 aromatic heterocycles. The minimum absolute atomic E-state index is 0.0694. The first-order valence-electron chi connectivity index (χ1n) is 10.5. The lowest BCUT2D eigenvalue weighted by atomic mass is 9.74. The molecule has 5 heteroatoms. The van der Waals surface area contributed by atoms with E-state index in [1.54, 1.807) is 42.5 Å². The minimum atomic E-state index is -1.26. The summed E-state index contributed by atoms with van der Waals surface area (Å²) in [6.07, 6.45) is 1.47. The number of carboxylic acid groups (broad SMARTS) is 1. The number of aromatic carboxylic acids is 1. The molecule has 0 unspecified atom stereocenters. The van der Waals surface area contributed by atoms with E-state index in [1.807, 2.05) is 24.3 Å². The van der Waals surface area contributed by atoms with E-state index in [1.165, 1.54) is 19.3 Å². The van der Waals surface area contributed by atoms with E-state index in [9.17, 15) is 14.7 Å². The molecule has 1 aliphatic rings. The third kappa shape index (κ3) is 3.91. The van der Waals surface area contributed by atoms with Crippen LogP contribution in [0.2, 0.25) is 0 Å². The Kier molecular flexibility index (Phi) is 6.43. The van der Waals surface area contributed by atoms with Crippen molar-refractivity contribution in [1.29, 1.82) is 0 Å². The smallest absolute Gasteiger partial charge is 0.336 e. The van der Waals surface area contributed by atoms with Crippen LogP contribution < -0.4 is 0 Å². The third-order valence-electron chi connectivity index (χ3n) is 5.63. The highest BCUT2D eigenvalue weighted by Crippen LogP contribution is 2.42. The first-order chi connectivity index (χ1) is 16.5. The second-order valence-corrected chi connectivity index (χ2v) is 7.44. The van der Waals surface area contributed by atoms with Crippen LogP contribution in [0.3, 0.4) is 0 Å². The second-order valence-electron chi connectivity index (χ2n) is 7.44. The van der Waals surface area contributed by atoms with E-state index in [0.717, 1.165) is 0 Å². The SMILES string of the molecule is COC1(C#C/C(=C\C#CCO)c2ccccc2C(=O)O)c2ccccc2C(=O)c2ccccc21. The van der Waals surface area contributed by atoms with Gasteiger partial charge in [0.2, 0.25) is 0 Å². The maximum Gasteiger partial charge on any atom is 0.336 e. The molecule has 0 saturated heterocycles. The largest absolute Gasteiger partial charge is 0.478 e. The summed E-state index contributed by atoms with van der Waals surface area (Å²) in [5.74, 6) is 10.3. The quantitative estimate of drug-likeness (QED) is 0.594. The van der Waals surface area contributed by atoms with Crippen molar-refractivity contribution in [3.63, 3.8) is 0 Å². The Morgan fingerprint density at radius 1 is 0.941 bits per heavy atom. The van der Waals surface area contributed by atoms with Crippen molar-refractivity contribution < 1.29 is 24.5 Å². The van der Waals surface area contributed by atoms with Crippen LogP contribution in [0.25, 0.3) is 5.57 Å². The summed E-state index contributed by atoms with van der Waals surface area (Å²) in [5.41, 5.74) is 1.75. The Morgan fingerprint density at radius 2 is 1.50 bits per heavy atom. The third-order valence-corrected chi connectivity index (χ3v) is 5.63. The van der Waals surface area contributed by atoms with Gasteiger partial charge in [-0.2, -0.15) is 0 Å². The molecule has 3 aromatic rings. The summed E-state index contributed by atoms with van der Waals surface area (Å²) in [7, 11) is 1.53. The van der Waals surface area contributed by atoms with Crippen LogP contribution in [0, 0.1) is 23.7 Å². The molecule has 4 rings (SSSR count). The average molecular weight is 448 g/mol. The lowest BCUT2D eigenvalue weighted by Crippen LogP contribution is -2.36. The molecule has 0 saturated carbocycles. The van der Waals surface area contributed by atoms with Crippen molar-refractivity contribution >= 4 is 17.3 Å². The molecule has 0 atom stereocenters. The van der Waals surface area contributed by atoms with Crippen LogP contribution in [0.1, 0.15) is 43.0 Å². The number of benzene rings is 3. The van der Waals surface area contributed by atoms with E-state index in [0.29, 0.717) is 33.4 Å². The predicted molar refractivity (Wildman–Crippen MR) is 128 cm³/mol. The number of allylic oxidation sites excluding steroid dienone is 2. The van der Waals surface area contributed by atoms with Crippen molar-refractivity contribution in [2.75, 3.05) is 13.7 Å². The van der Waals surface area contributed by atoms with Gasteiger partial charge in [0.05, 0.1) is 5.56 Å². The van der Waals surface area contributed by atoms with E-state index in [2.05, 4.69) is 23.7 Å². The molecule has 5 nitrogen and oxygen atoms in total. The predicted octanol–water partition coefficient (Wildman–Crippen LogP) is 3.90. The number of fused-ring (bicyclic) bond motifs is 2. The lowest BCUT2D eigenvalue weighted by Gasteiger charge is -2.35. The standard InChI is InChI=1S/C29H20O5/c1-34-29(25-15-6-4-13-23(25)27(31)24-14-5-7-16-26(24)29)18-17-20(10-8-9-19-30)21-11-2-3-12-22(21)28(32)33/h2-7,10-16,30H,19H2,1H3,(H,32,33)/b20-10+. The number of carbonyl (C=O) groups excluding carboxylic acids is 1. The molecule has 2 N–H and O–H groups in total. The number of hydrogen-bond donors (Lipinski definition) is 2. The first kappa shape index (κ1) is 22.8. The molecule has 0 spiro atoms. The summed E-state index contributed by atoms with van der Waals surface area (Å²) in [5, 5.41) is 18.7. The van der Waals surface area contributed by atoms with Crippen LogP contribution in [-0.4, -0.2) is 35.7 Å². The maximum absolute atomic E-state index is 13.1. The summed E-state index contributed by atoms with van der Waals surface area (Å²) in [4.78, 5) is 25.0. The number of ether oxygens (including phenoxy) is 1. The van der Waals surface area contributed by atoms with Gasteiger partial charge >= 0.3 is 5.97 Å². The molecule has 0 amide bonds. The van der Waals surface area contributed by atoms with Gasteiger partial charge < -0.3 is 14.9 Å². The fourth-order valence-corrected chi connectivity index (χ4v) is 4.08. The molecule has 0 fully saturated rings. The van der Waals surface area contributed by atoms with Gasteiger partial charge in [0, 0.05) is 46.6 Å². The Hall–Kier alpha value is -4.42. The fraction of sp³-hybridized carbons (Fsp3) is 0.103. The van der Waals surface area contributed by atoms with Crippen molar-refractivity contribution in [1.82, 2.24) is 0 Å². The zero-order valence-electron chi connectivity index (χ0n) is 18.3. The number of carbonyl (C=O) groups is 2. The highest BCUT2D eigenvalue weighted by Gasteiger charge is 2.42. The van der Waals surface area contributed by atoms with Crippen LogP contribution >= 0.6 is 0 Å². The van der Waals surface area contributed by atoms with Gasteiger partial charge in [-0.1, -0.05) is 90.4 Å². The fourth-order valence-electron chi connectivity index (χ4n) is 4.08. The monoisotopic (exact) mass is 448 g/mol. The van der Waals surface area contributed by atoms with Crippen LogP contribution in [0.5, 0.6) is 0 Å². The number of carboxylic acids is 1. The van der Waals surface area contributed by atoms with Gasteiger partial charge in [0.25, 0.3) is 0 Å². The molecule has 166 valence electrons. The molecule has 0 aliphatic heterocycles. The highest BCUT2D eigenvalue weighted by atomic mass is 16.5. The summed E-state index contributed by atoms with van der Waals surface area (Å²) >= 11 is 0. The number of aliphatic hydroxyl groups is 1.